The molecule has 3 aliphatic rings. The Labute approximate surface area is 149 Å². The van der Waals surface area contributed by atoms with Gasteiger partial charge in [0, 0.05) is 31.8 Å². The van der Waals surface area contributed by atoms with Gasteiger partial charge in [0.05, 0.1) is 25.2 Å². The maximum Gasteiger partial charge on any atom is 0.224 e. The number of nitrogens with zero attached hydrogens (tertiary/aromatic N) is 1. The monoisotopic (exact) mass is 344 g/mol. The van der Waals surface area contributed by atoms with Gasteiger partial charge in [0.15, 0.2) is 0 Å². The minimum Gasteiger partial charge on any atom is -0.377 e. The molecular formula is C20H28N2O3. The van der Waals surface area contributed by atoms with Crippen molar-refractivity contribution in [1.82, 2.24) is 10.2 Å². The van der Waals surface area contributed by atoms with Crippen molar-refractivity contribution in [3.05, 3.63) is 35.9 Å². The van der Waals surface area contributed by atoms with Crippen LogP contribution in [0.4, 0.5) is 0 Å². The van der Waals surface area contributed by atoms with Crippen LogP contribution in [0.3, 0.4) is 0 Å². The van der Waals surface area contributed by atoms with E-state index in [9.17, 15) is 4.79 Å². The zero-order valence-corrected chi connectivity index (χ0v) is 14.7. The second-order valence-corrected chi connectivity index (χ2v) is 7.51. The van der Waals surface area contributed by atoms with E-state index < -0.39 is 0 Å². The highest BCUT2D eigenvalue weighted by atomic mass is 16.5. The summed E-state index contributed by atoms with van der Waals surface area (Å²) in [6.45, 7) is 3.84. The third-order valence-corrected chi connectivity index (χ3v) is 5.54. The summed E-state index contributed by atoms with van der Waals surface area (Å²) in [4.78, 5) is 14.9. The van der Waals surface area contributed by atoms with Crippen LogP contribution < -0.4 is 5.32 Å². The molecule has 1 N–H and O–H groups in total. The molecule has 1 aliphatic carbocycles. The van der Waals surface area contributed by atoms with Gasteiger partial charge in [-0.2, -0.15) is 0 Å². The molecule has 5 nitrogen and oxygen atoms in total. The van der Waals surface area contributed by atoms with Crippen molar-refractivity contribution < 1.29 is 14.3 Å². The highest BCUT2D eigenvalue weighted by molar-refractivity contribution is 5.79. The van der Waals surface area contributed by atoms with E-state index >= 15 is 0 Å². The highest BCUT2D eigenvalue weighted by Gasteiger charge is 2.42. The Morgan fingerprint density at radius 3 is 2.88 bits per heavy atom. The van der Waals surface area contributed by atoms with Crippen molar-refractivity contribution in [2.24, 2.45) is 5.92 Å². The Kier molecular flexibility index (Phi) is 5.34. The fourth-order valence-electron chi connectivity index (χ4n) is 3.99. The van der Waals surface area contributed by atoms with E-state index in [1.807, 2.05) is 18.2 Å². The smallest absolute Gasteiger partial charge is 0.224 e. The number of carbonyl (C=O) groups is 1. The predicted octanol–water partition coefficient (Wildman–Crippen LogP) is 1.96. The van der Waals surface area contributed by atoms with Crippen LogP contribution in [0.25, 0.3) is 0 Å². The number of amides is 1. The number of piperidine rings is 1. The number of hydrogen-bond acceptors (Lipinski definition) is 4. The fourth-order valence-corrected chi connectivity index (χ4v) is 3.99. The van der Waals surface area contributed by atoms with Gasteiger partial charge in [-0.25, -0.2) is 0 Å². The topological polar surface area (TPSA) is 50.8 Å². The number of carbonyl (C=O) groups excluding carboxylic acids is 1. The number of rotatable bonds is 7. The van der Waals surface area contributed by atoms with Crippen LogP contribution in [-0.2, 0) is 20.9 Å². The summed E-state index contributed by atoms with van der Waals surface area (Å²) in [7, 11) is 0. The van der Waals surface area contributed by atoms with E-state index in [-0.39, 0.29) is 17.9 Å². The van der Waals surface area contributed by atoms with Crippen molar-refractivity contribution in [3.8, 4) is 0 Å². The summed E-state index contributed by atoms with van der Waals surface area (Å²) in [5.41, 5.74) is 1.20. The first-order valence-electron chi connectivity index (χ1n) is 9.57. The molecule has 25 heavy (non-hydrogen) atoms. The van der Waals surface area contributed by atoms with E-state index in [1.54, 1.807) is 0 Å². The first-order valence-corrected chi connectivity index (χ1v) is 9.57. The lowest BCUT2D eigenvalue weighted by Crippen LogP contribution is -2.53. The van der Waals surface area contributed by atoms with Gasteiger partial charge in [-0.1, -0.05) is 30.3 Å². The maximum absolute atomic E-state index is 12.5. The van der Waals surface area contributed by atoms with Gasteiger partial charge in [0.25, 0.3) is 0 Å². The molecular weight excluding hydrogens is 316 g/mol. The molecule has 1 aromatic carbocycles. The summed E-state index contributed by atoms with van der Waals surface area (Å²) in [6, 6.07) is 11.1. The number of fused-ring (bicyclic) bond motifs is 1. The first kappa shape index (κ1) is 17.0. The predicted molar refractivity (Wildman–Crippen MR) is 95.1 cm³/mol. The van der Waals surface area contributed by atoms with Gasteiger partial charge in [0.2, 0.25) is 5.91 Å². The molecule has 3 atom stereocenters. The van der Waals surface area contributed by atoms with Crippen molar-refractivity contribution >= 4 is 5.91 Å². The molecule has 0 radical (unpaired) electrons. The second-order valence-electron chi connectivity index (χ2n) is 7.51. The van der Waals surface area contributed by atoms with E-state index in [0.29, 0.717) is 25.3 Å². The zero-order chi connectivity index (χ0) is 17.1. The lowest BCUT2D eigenvalue weighted by molar-refractivity contribution is -0.130. The Balaban J connectivity index is 1.28. The summed E-state index contributed by atoms with van der Waals surface area (Å²) >= 11 is 0. The van der Waals surface area contributed by atoms with Crippen LogP contribution in [0.2, 0.25) is 0 Å². The third-order valence-electron chi connectivity index (χ3n) is 5.54. The Morgan fingerprint density at radius 2 is 2.08 bits per heavy atom. The van der Waals surface area contributed by atoms with Crippen LogP contribution >= 0.6 is 0 Å². The minimum atomic E-state index is 0.0501. The quantitative estimate of drug-likeness (QED) is 0.769. The van der Waals surface area contributed by atoms with E-state index in [0.717, 1.165) is 45.4 Å². The molecule has 3 fully saturated rings. The Hall–Kier alpha value is -1.43. The molecule has 0 spiro atoms. The van der Waals surface area contributed by atoms with E-state index in [2.05, 4.69) is 22.3 Å². The molecule has 0 aromatic heterocycles. The molecule has 2 heterocycles. The van der Waals surface area contributed by atoms with Gasteiger partial charge >= 0.3 is 0 Å². The highest BCUT2D eigenvalue weighted by Crippen LogP contribution is 2.32. The summed E-state index contributed by atoms with van der Waals surface area (Å²) in [5.74, 6) is 0.265. The van der Waals surface area contributed by atoms with Gasteiger partial charge in [0.1, 0.15) is 0 Å². The van der Waals surface area contributed by atoms with E-state index in [4.69, 9.17) is 9.47 Å². The molecule has 136 valence electrons. The van der Waals surface area contributed by atoms with Crippen molar-refractivity contribution in [2.45, 2.75) is 50.5 Å². The molecule has 2 aliphatic heterocycles. The SMILES string of the molecule is O=C(NC1CC1)[C@H]1C[C@@H]2OCC[C@@H]2N(CCOCc2ccccc2)C1. The average molecular weight is 344 g/mol. The number of nitrogens with one attached hydrogen (secondary N) is 1. The molecule has 1 amide bonds. The third kappa shape index (κ3) is 4.40. The Morgan fingerprint density at radius 1 is 1.24 bits per heavy atom. The number of benzene rings is 1. The number of ether oxygens (including phenoxy) is 2. The first-order chi connectivity index (χ1) is 12.3. The minimum absolute atomic E-state index is 0.0501. The van der Waals surface area contributed by atoms with Crippen LogP contribution in [-0.4, -0.2) is 55.3 Å². The summed E-state index contributed by atoms with van der Waals surface area (Å²) in [6.07, 6.45) is 4.42. The van der Waals surface area contributed by atoms with Crippen LogP contribution in [0.5, 0.6) is 0 Å². The Bertz CT molecular complexity index is 576. The summed E-state index contributed by atoms with van der Waals surface area (Å²) in [5, 5.41) is 3.16. The van der Waals surface area contributed by atoms with Gasteiger partial charge in [-0.15, -0.1) is 0 Å². The number of hydrogen-bond donors (Lipinski definition) is 1. The normalized spacial score (nSPS) is 29.4. The standard InChI is InChI=1S/C20H28N2O3/c23-20(21-17-6-7-17)16-12-19-18(8-10-25-19)22(13-16)9-11-24-14-15-4-2-1-3-5-15/h1-5,16-19H,6-14H2,(H,21,23)/t16-,18-,19-/m0/s1. The lowest BCUT2D eigenvalue weighted by Gasteiger charge is -2.40. The largest absolute Gasteiger partial charge is 0.377 e. The molecule has 1 aromatic rings. The molecule has 0 unspecified atom stereocenters. The van der Waals surface area contributed by atoms with E-state index in [1.165, 1.54) is 5.56 Å². The lowest BCUT2D eigenvalue weighted by atomic mass is 9.89. The summed E-state index contributed by atoms with van der Waals surface area (Å²) < 4.78 is 11.8. The second kappa shape index (κ2) is 7.85. The molecule has 5 heteroatoms. The number of likely N-dealkylation sites (tertiary alicyclic amines) is 1. The van der Waals surface area contributed by atoms with Crippen molar-refractivity contribution in [1.29, 1.82) is 0 Å². The fraction of sp³-hybridized carbons (Fsp3) is 0.650. The van der Waals surface area contributed by atoms with Crippen LogP contribution in [0, 0.1) is 5.92 Å². The molecule has 4 rings (SSSR count). The maximum atomic E-state index is 12.5. The van der Waals surface area contributed by atoms with Crippen LogP contribution in [0.15, 0.2) is 30.3 Å². The zero-order valence-electron chi connectivity index (χ0n) is 14.7. The molecule has 0 bridgehead atoms. The molecule has 1 saturated carbocycles. The van der Waals surface area contributed by atoms with Gasteiger partial charge in [-0.05, 0) is 31.2 Å². The average Bonchev–Trinajstić information content (AvgIpc) is 3.32. The van der Waals surface area contributed by atoms with Crippen molar-refractivity contribution in [2.75, 3.05) is 26.3 Å². The molecule has 2 saturated heterocycles. The van der Waals surface area contributed by atoms with Gasteiger partial charge < -0.3 is 14.8 Å². The van der Waals surface area contributed by atoms with Crippen LogP contribution in [0.1, 0.15) is 31.2 Å². The van der Waals surface area contributed by atoms with Crippen molar-refractivity contribution in [3.63, 3.8) is 0 Å². The van der Waals surface area contributed by atoms with Gasteiger partial charge in [-0.3, -0.25) is 9.69 Å².